The highest BCUT2D eigenvalue weighted by Gasteiger charge is 2.18. The van der Waals surface area contributed by atoms with Crippen molar-refractivity contribution in [3.8, 4) is 0 Å². The van der Waals surface area contributed by atoms with Gasteiger partial charge in [0.25, 0.3) is 0 Å². The first-order valence-corrected chi connectivity index (χ1v) is 7.70. The van der Waals surface area contributed by atoms with E-state index in [9.17, 15) is 4.79 Å². The average molecular weight is 284 g/mol. The summed E-state index contributed by atoms with van der Waals surface area (Å²) >= 11 is 1.28. The molecule has 1 aliphatic heterocycles. The average Bonchev–Trinajstić information content (AvgIpc) is 2.80. The maximum absolute atomic E-state index is 10.7. The highest BCUT2D eigenvalue weighted by molar-refractivity contribution is 7.99. The van der Waals surface area contributed by atoms with Crippen LogP contribution < -0.4 is 0 Å². The van der Waals surface area contributed by atoms with Crippen LogP contribution in [0.5, 0.6) is 0 Å². The van der Waals surface area contributed by atoms with E-state index in [-0.39, 0.29) is 11.9 Å². The van der Waals surface area contributed by atoms with Crippen molar-refractivity contribution in [3.63, 3.8) is 0 Å². The number of ether oxygens (including phenoxy) is 1. The van der Waals surface area contributed by atoms with Crippen LogP contribution in [0.1, 0.15) is 31.9 Å². The number of carboxylic acids is 1. The number of aliphatic carboxylic acids is 1. The molecule has 1 N–H and O–H groups in total. The zero-order valence-electron chi connectivity index (χ0n) is 11.2. The molecule has 1 aromatic heterocycles. The van der Waals surface area contributed by atoms with Crippen LogP contribution in [0.4, 0.5) is 0 Å². The highest BCUT2D eigenvalue weighted by Crippen LogP contribution is 2.22. The molecule has 19 heavy (non-hydrogen) atoms. The number of aromatic nitrogens is 2. The molecule has 0 aliphatic carbocycles. The van der Waals surface area contributed by atoms with Gasteiger partial charge in [-0.15, -0.1) is 0 Å². The molecule has 1 aromatic rings. The summed E-state index contributed by atoms with van der Waals surface area (Å²) in [5.74, 6) is -0.766. The van der Waals surface area contributed by atoms with Crippen molar-refractivity contribution in [2.24, 2.45) is 0 Å². The highest BCUT2D eigenvalue weighted by atomic mass is 32.2. The topological polar surface area (TPSA) is 64.3 Å². The third kappa shape index (κ3) is 3.98. The third-order valence-corrected chi connectivity index (χ3v) is 4.22. The smallest absolute Gasteiger partial charge is 0.313 e. The molecule has 0 amide bonds. The first kappa shape index (κ1) is 14.4. The standard InChI is InChI=1S/C13H20N2O3S/c1-2-10-7-14-13(19-9-12(16)17)15(10)8-11-5-3-4-6-18-11/h7,11H,2-6,8-9H2,1H3,(H,16,17). The summed E-state index contributed by atoms with van der Waals surface area (Å²) < 4.78 is 7.87. The van der Waals surface area contributed by atoms with Gasteiger partial charge < -0.3 is 14.4 Å². The molecule has 1 atom stereocenters. The van der Waals surface area contributed by atoms with E-state index in [0.717, 1.165) is 43.3 Å². The lowest BCUT2D eigenvalue weighted by atomic mass is 10.1. The van der Waals surface area contributed by atoms with Crippen molar-refractivity contribution in [2.75, 3.05) is 12.4 Å². The SMILES string of the molecule is CCc1cnc(SCC(=O)O)n1CC1CCCCO1. The number of imidazole rings is 1. The number of carboxylic acid groups (broad SMARTS) is 1. The van der Waals surface area contributed by atoms with Gasteiger partial charge in [-0.1, -0.05) is 18.7 Å². The lowest BCUT2D eigenvalue weighted by Crippen LogP contribution is -2.25. The van der Waals surface area contributed by atoms with Crippen molar-refractivity contribution in [1.82, 2.24) is 9.55 Å². The van der Waals surface area contributed by atoms with Gasteiger partial charge >= 0.3 is 5.97 Å². The van der Waals surface area contributed by atoms with E-state index in [4.69, 9.17) is 9.84 Å². The second kappa shape index (κ2) is 6.96. The van der Waals surface area contributed by atoms with Crippen LogP contribution in [0.3, 0.4) is 0 Å². The van der Waals surface area contributed by atoms with Gasteiger partial charge in [0.15, 0.2) is 5.16 Å². The number of nitrogens with zero attached hydrogens (tertiary/aromatic N) is 2. The summed E-state index contributed by atoms with van der Waals surface area (Å²) in [4.78, 5) is 15.0. The molecule has 0 radical (unpaired) electrons. The molecule has 106 valence electrons. The Labute approximate surface area is 117 Å². The predicted octanol–water partition coefficient (Wildman–Crippen LogP) is 2.19. The molecule has 0 aromatic carbocycles. The first-order chi connectivity index (χ1) is 9.20. The number of carbonyl (C=O) groups is 1. The van der Waals surface area contributed by atoms with Crippen molar-refractivity contribution in [1.29, 1.82) is 0 Å². The van der Waals surface area contributed by atoms with Crippen LogP contribution in [0.2, 0.25) is 0 Å². The Hall–Kier alpha value is -1.01. The zero-order valence-corrected chi connectivity index (χ0v) is 12.0. The second-order valence-corrected chi connectivity index (χ2v) is 5.61. The minimum absolute atomic E-state index is 0.0473. The zero-order chi connectivity index (χ0) is 13.7. The lowest BCUT2D eigenvalue weighted by molar-refractivity contribution is -0.133. The number of aryl methyl sites for hydroxylation is 1. The fraction of sp³-hybridized carbons (Fsp3) is 0.692. The van der Waals surface area contributed by atoms with Gasteiger partial charge in [-0.2, -0.15) is 0 Å². The number of rotatable bonds is 6. The Balaban J connectivity index is 2.06. The quantitative estimate of drug-likeness (QED) is 0.811. The molecular formula is C13H20N2O3S. The van der Waals surface area contributed by atoms with E-state index in [1.807, 2.05) is 6.20 Å². The Morgan fingerprint density at radius 1 is 1.63 bits per heavy atom. The Morgan fingerprint density at radius 2 is 2.47 bits per heavy atom. The van der Waals surface area contributed by atoms with Crippen molar-refractivity contribution >= 4 is 17.7 Å². The Bertz CT molecular complexity index is 428. The molecular weight excluding hydrogens is 264 g/mol. The minimum Gasteiger partial charge on any atom is -0.481 e. The minimum atomic E-state index is -0.813. The largest absolute Gasteiger partial charge is 0.481 e. The van der Waals surface area contributed by atoms with E-state index < -0.39 is 5.97 Å². The van der Waals surface area contributed by atoms with Crippen LogP contribution in [-0.4, -0.2) is 39.1 Å². The molecule has 1 saturated heterocycles. The Kier molecular flexibility index (Phi) is 5.27. The summed E-state index contributed by atoms with van der Waals surface area (Å²) in [6.07, 6.45) is 6.39. The number of hydrogen-bond donors (Lipinski definition) is 1. The molecule has 2 heterocycles. The maximum atomic E-state index is 10.7. The van der Waals surface area contributed by atoms with Crippen LogP contribution in [0.15, 0.2) is 11.4 Å². The van der Waals surface area contributed by atoms with Crippen LogP contribution >= 0.6 is 11.8 Å². The molecule has 0 saturated carbocycles. The van der Waals surface area contributed by atoms with E-state index in [1.165, 1.54) is 18.2 Å². The molecule has 2 rings (SSSR count). The van der Waals surface area contributed by atoms with Gasteiger partial charge in [-0.3, -0.25) is 4.79 Å². The summed E-state index contributed by atoms with van der Waals surface area (Å²) in [6.45, 7) is 3.70. The van der Waals surface area contributed by atoms with E-state index in [1.54, 1.807) is 0 Å². The monoisotopic (exact) mass is 284 g/mol. The summed E-state index contributed by atoms with van der Waals surface area (Å²) in [6, 6.07) is 0. The first-order valence-electron chi connectivity index (χ1n) is 6.71. The molecule has 1 fully saturated rings. The molecule has 1 unspecified atom stereocenters. The van der Waals surface area contributed by atoms with Gasteiger partial charge in [-0.05, 0) is 25.7 Å². The molecule has 6 heteroatoms. The van der Waals surface area contributed by atoms with E-state index >= 15 is 0 Å². The summed E-state index contributed by atoms with van der Waals surface area (Å²) in [7, 11) is 0. The van der Waals surface area contributed by atoms with Crippen LogP contribution in [0, 0.1) is 0 Å². The maximum Gasteiger partial charge on any atom is 0.313 e. The van der Waals surface area contributed by atoms with Gasteiger partial charge in [0.05, 0.1) is 18.4 Å². The fourth-order valence-corrected chi connectivity index (χ4v) is 2.99. The summed E-state index contributed by atoms with van der Waals surface area (Å²) in [5.41, 5.74) is 1.14. The lowest BCUT2D eigenvalue weighted by Gasteiger charge is -2.24. The summed E-state index contributed by atoms with van der Waals surface area (Å²) in [5, 5.41) is 9.55. The predicted molar refractivity (Wildman–Crippen MR) is 73.6 cm³/mol. The number of hydrogen-bond acceptors (Lipinski definition) is 4. The van der Waals surface area contributed by atoms with Crippen LogP contribution in [-0.2, 0) is 22.5 Å². The second-order valence-electron chi connectivity index (χ2n) is 4.67. The molecule has 1 aliphatic rings. The molecule has 0 spiro atoms. The molecule has 5 nitrogen and oxygen atoms in total. The normalized spacial score (nSPS) is 19.5. The Morgan fingerprint density at radius 3 is 3.11 bits per heavy atom. The van der Waals surface area contributed by atoms with Crippen molar-refractivity contribution in [3.05, 3.63) is 11.9 Å². The van der Waals surface area contributed by atoms with Crippen LogP contribution in [0.25, 0.3) is 0 Å². The van der Waals surface area contributed by atoms with Gasteiger partial charge in [-0.25, -0.2) is 4.98 Å². The van der Waals surface area contributed by atoms with E-state index in [2.05, 4.69) is 16.5 Å². The van der Waals surface area contributed by atoms with Crippen molar-refractivity contribution in [2.45, 2.75) is 50.4 Å². The molecule has 0 bridgehead atoms. The number of thioether (sulfide) groups is 1. The van der Waals surface area contributed by atoms with Gasteiger partial charge in [0, 0.05) is 18.5 Å². The fourth-order valence-electron chi connectivity index (χ4n) is 2.27. The third-order valence-electron chi connectivity index (χ3n) is 3.25. The van der Waals surface area contributed by atoms with Crippen molar-refractivity contribution < 1.29 is 14.6 Å². The van der Waals surface area contributed by atoms with Gasteiger partial charge in [0.2, 0.25) is 0 Å². The van der Waals surface area contributed by atoms with Gasteiger partial charge in [0.1, 0.15) is 0 Å². The van der Waals surface area contributed by atoms with E-state index in [0.29, 0.717) is 0 Å².